The lowest BCUT2D eigenvalue weighted by molar-refractivity contribution is -0.305. The maximum absolute atomic E-state index is 13.4. The summed E-state index contributed by atoms with van der Waals surface area (Å²) in [5.41, 5.74) is 5.37. The molecule has 2 heterocycles. The Morgan fingerprint density at radius 3 is 2.08 bits per heavy atom. The van der Waals surface area contributed by atoms with Crippen LogP contribution in [0.5, 0.6) is 17.2 Å². The fourth-order valence-electron chi connectivity index (χ4n) is 5.27. The lowest BCUT2D eigenvalue weighted by Crippen LogP contribution is -2.33. The van der Waals surface area contributed by atoms with E-state index in [9.17, 15) is 14.7 Å². The van der Waals surface area contributed by atoms with Crippen molar-refractivity contribution in [2.45, 2.75) is 46.1 Å². The van der Waals surface area contributed by atoms with Crippen LogP contribution < -0.4 is 25.2 Å². The zero-order chi connectivity index (χ0) is 27.0. The first-order valence-electron chi connectivity index (χ1n) is 12.9. The Balaban J connectivity index is 1.66. The number of benzene rings is 3. The van der Waals surface area contributed by atoms with Gasteiger partial charge in [-0.2, -0.15) is 0 Å². The van der Waals surface area contributed by atoms with Gasteiger partial charge < -0.3 is 34.7 Å². The minimum atomic E-state index is -1.19. The highest BCUT2D eigenvalue weighted by Gasteiger charge is 2.54. The van der Waals surface area contributed by atoms with Gasteiger partial charge in [-0.15, -0.1) is 0 Å². The van der Waals surface area contributed by atoms with Crippen molar-refractivity contribution in [1.82, 2.24) is 0 Å². The first-order valence-corrected chi connectivity index (χ1v) is 12.9. The summed E-state index contributed by atoms with van der Waals surface area (Å²) in [6.07, 6.45) is 0.221. The van der Waals surface area contributed by atoms with E-state index in [0.717, 1.165) is 46.7 Å². The van der Waals surface area contributed by atoms with Crippen molar-refractivity contribution in [2.24, 2.45) is 0 Å². The molecule has 2 N–H and O–H groups in total. The monoisotopic (exact) mass is 515 g/mol. The van der Waals surface area contributed by atoms with Gasteiger partial charge in [-0.25, -0.2) is 4.79 Å². The van der Waals surface area contributed by atoms with Gasteiger partial charge in [0.25, 0.3) is 0 Å². The summed E-state index contributed by atoms with van der Waals surface area (Å²) >= 11 is 0. The highest BCUT2D eigenvalue weighted by Crippen LogP contribution is 2.57. The molecule has 0 unspecified atom stereocenters. The van der Waals surface area contributed by atoms with Crippen molar-refractivity contribution < 1.29 is 28.9 Å². The Kier molecular flexibility index (Phi) is 6.65. The number of carboxylic acids is 1. The van der Waals surface area contributed by atoms with E-state index in [1.54, 1.807) is 12.1 Å². The highest BCUT2D eigenvalue weighted by atomic mass is 16.6. The second-order valence-corrected chi connectivity index (χ2v) is 9.59. The normalized spacial score (nSPS) is 14.2. The fraction of sp³-hybridized carbons (Fsp3) is 0.333. The number of esters is 1. The molecule has 2 aliphatic heterocycles. The quantitative estimate of drug-likeness (QED) is 0.313. The molecule has 8 nitrogen and oxygen atoms in total. The number of nitrogens with one attached hydrogen (secondary N) is 2. The number of hydrogen-bond donors (Lipinski definition) is 2. The van der Waals surface area contributed by atoms with Crippen LogP contribution in [0.25, 0.3) is 0 Å². The van der Waals surface area contributed by atoms with Crippen LogP contribution >= 0.6 is 0 Å². The SMILES string of the molecule is CCNc1cc2c(cc1C)C1(OC(=O)c3cc(OCCCC(=O)[O-])ccc31)c1cc(C)c(NCC)cc1O2. The number of aliphatic carboxylic acids is 1. The van der Waals surface area contributed by atoms with E-state index in [2.05, 4.69) is 10.6 Å². The van der Waals surface area contributed by atoms with Gasteiger partial charge in [0, 0.05) is 59.3 Å². The molecular weight excluding hydrogens is 484 g/mol. The summed E-state index contributed by atoms with van der Waals surface area (Å²) in [6, 6.07) is 13.3. The van der Waals surface area contributed by atoms with E-state index in [1.165, 1.54) is 0 Å². The number of rotatable bonds is 9. The number of carbonyl (C=O) groups is 2. The van der Waals surface area contributed by atoms with Crippen LogP contribution in [0.4, 0.5) is 11.4 Å². The molecule has 0 atom stereocenters. The zero-order valence-electron chi connectivity index (χ0n) is 22.0. The average Bonchev–Trinajstić information content (AvgIpc) is 3.17. The number of fused-ring (bicyclic) bond motifs is 6. The Hall–Kier alpha value is -4.20. The molecule has 3 aromatic rings. The van der Waals surface area contributed by atoms with Crippen molar-refractivity contribution in [3.05, 3.63) is 75.8 Å². The molecule has 0 saturated carbocycles. The molecule has 1 spiro atoms. The van der Waals surface area contributed by atoms with Crippen LogP contribution in [0.3, 0.4) is 0 Å². The molecule has 198 valence electrons. The smallest absolute Gasteiger partial charge is 0.340 e. The van der Waals surface area contributed by atoms with E-state index in [-0.39, 0.29) is 13.0 Å². The number of hydrogen-bond acceptors (Lipinski definition) is 8. The second-order valence-electron chi connectivity index (χ2n) is 9.59. The molecule has 0 saturated heterocycles. The summed E-state index contributed by atoms with van der Waals surface area (Å²) in [7, 11) is 0. The molecule has 8 heteroatoms. The lowest BCUT2D eigenvalue weighted by Gasteiger charge is -2.37. The number of carboxylic acid groups (broad SMARTS) is 1. The van der Waals surface area contributed by atoms with Gasteiger partial charge in [0.15, 0.2) is 5.60 Å². The molecule has 0 amide bonds. The molecule has 0 bridgehead atoms. The van der Waals surface area contributed by atoms with Gasteiger partial charge in [-0.1, -0.05) is 0 Å². The van der Waals surface area contributed by atoms with Gasteiger partial charge >= 0.3 is 5.97 Å². The van der Waals surface area contributed by atoms with E-state index in [0.29, 0.717) is 34.8 Å². The Bertz CT molecular complexity index is 1370. The summed E-state index contributed by atoms with van der Waals surface area (Å²) in [5, 5.41) is 17.5. The first-order chi connectivity index (χ1) is 18.3. The van der Waals surface area contributed by atoms with Gasteiger partial charge in [0.2, 0.25) is 0 Å². The van der Waals surface area contributed by atoms with E-state index >= 15 is 0 Å². The van der Waals surface area contributed by atoms with Gasteiger partial charge in [-0.3, -0.25) is 0 Å². The predicted molar refractivity (Wildman–Crippen MR) is 142 cm³/mol. The van der Waals surface area contributed by atoms with Crippen molar-refractivity contribution in [1.29, 1.82) is 0 Å². The Morgan fingerprint density at radius 1 is 0.921 bits per heavy atom. The number of aryl methyl sites for hydroxylation is 2. The maximum Gasteiger partial charge on any atom is 0.340 e. The molecule has 0 radical (unpaired) electrons. The van der Waals surface area contributed by atoms with E-state index in [1.807, 2.05) is 58.0 Å². The molecule has 3 aromatic carbocycles. The van der Waals surface area contributed by atoms with Gasteiger partial charge in [0.1, 0.15) is 17.2 Å². The summed E-state index contributed by atoms with van der Waals surface area (Å²) < 4.78 is 18.5. The molecule has 0 aliphatic carbocycles. The third-order valence-electron chi connectivity index (χ3n) is 7.00. The standard InChI is InChI=1S/C30H32N2O6/c1-5-31-24-15-26-22(12-17(24)3)30(23-13-18(4)25(32-6-2)16-27(23)37-26)21-10-9-19(14-20(21)29(35)38-30)36-11-7-8-28(33)34/h9-10,12-16,31-32H,5-8,11H2,1-4H3,(H,33,34)/p-1. The first kappa shape index (κ1) is 25.4. The maximum atomic E-state index is 13.4. The van der Waals surface area contributed by atoms with Crippen LogP contribution in [0.2, 0.25) is 0 Å². The summed E-state index contributed by atoms with van der Waals surface area (Å²) in [6.45, 7) is 9.82. The minimum Gasteiger partial charge on any atom is -0.550 e. The Morgan fingerprint density at radius 2 is 1.53 bits per heavy atom. The van der Waals surface area contributed by atoms with E-state index in [4.69, 9.17) is 14.2 Å². The van der Waals surface area contributed by atoms with Crippen LogP contribution in [0, 0.1) is 13.8 Å². The minimum absolute atomic E-state index is 0.0912. The van der Waals surface area contributed by atoms with Crippen LogP contribution in [0.1, 0.15) is 64.9 Å². The topological polar surface area (TPSA) is 109 Å². The molecule has 2 aliphatic rings. The van der Waals surface area contributed by atoms with Crippen molar-refractivity contribution >= 4 is 23.3 Å². The van der Waals surface area contributed by atoms with Crippen molar-refractivity contribution in [2.75, 3.05) is 30.3 Å². The molecule has 38 heavy (non-hydrogen) atoms. The van der Waals surface area contributed by atoms with Crippen LogP contribution in [0.15, 0.2) is 42.5 Å². The van der Waals surface area contributed by atoms with Gasteiger partial charge in [0.05, 0.1) is 12.2 Å². The summed E-state index contributed by atoms with van der Waals surface area (Å²) in [4.78, 5) is 24.1. The number of carbonyl (C=O) groups excluding carboxylic acids is 2. The summed E-state index contributed by atoms with van der Waals surface area (Å²) in [5.74, 6) is 0.133. The number of anilines is 2. The van der Waals surface area contributed by atoms with Crippen molar-refractivity contribution in [3.8, 4) is 17.2 Å². The fourth-order valence-corrected chi connectivity index (χ4v) is 5.27. The lowest BCUT2D eigenvalue weighted by atomic mass is 9.76. The Labute approximate surface area is 221 Å². The van der Waals surface area contributed by atoms with Crippen LogP contribution in [-0.4, -0.2) is 31.6 Å². The molecular formula is C30H31N2O6-. The number of ether oxygens (including phenoxy) is 3. The van der Waals surface area contributed by atoms with Crippen molar-refractivity contribution in [3.63, 3.8) is 0 Å². The highest BCUT2D eigenvalue weighted by molar-refractivity contribution is 5.97. The largest absolute Gasteiger partial charge is 0.550 e. The third kappa shape index (κ3) is 4.20. The van der Waals surface area contributed by atoms with Gasteiger partial charge in [-0.05, 0) is 82.0 Å². The molecule has 0 aromatic heterocycles. The average molecular weight is 516 g/mol. The zero-order valence-corrected chi connectivity index (χ0v) is 22.0. The predicted octanol–water partition coefficient (Wildman–Crippen LogP) is 4.64. The molecule has 5 rings (SSSR count). The third-order valence-corrected chi connectivity index (χ3v) is 7.00. The second kappa shape index (κ2) is 9.93. The molecule has 0 fully saturated rings. The van der Waals surface area contributed by atoms with E-state index < -0.39 is 17.5 Å². The van der Waals surface area contributed by atoms with Crippen LogP contribution in [-0.2, 0) is 15.1 Å².